The molecule has 1 heterocycles. The topological polar surface area (TPSA) is 42.1 Å². The minimum Gasteiger partial charge on any atom is -0.355 e. The molecule has 0 spiro atoms. The van der Waals surface area contributed by atoms with Crippen molar-refractivity contribution in [3.8, 4) is 0 Å². The molecule has 0 aliphatic rings. The van der Waals surface area contributed by atoms with Gasteiger partial charge in [0.2, 0.25) is 0 Å². The van der Waals surface area contributed by atoms with E-state index in [2.05, 4.69) is 31.9 Å². The van der Waals surface area contributed by atoms with Crippen molar-refractivity contribution in [1.82, 2.24) is 4.98 Å². The van der Waals surface area contributed by atoms with E-state index in [0.717, 1.165) is 22.4 Å². The Balaban J connectivity index is 2.16. The number of benzene rings is 1. The van der Waals surface area contributed by atoms with Crippen molar-refractivity contribution in [1.29, 1.82) is 0 Å². The molecular formula is C14H16BrN3. The SMILES string of the molecule is CN(Cc1ccccc1Br)c1cc(CN)ccn1. The van der Waals surface area contributed by atoms with Gasteiger partial charge in [0.05, 0.1) is 0 Å². The number of halogens is 1. The molecule has 94 valence electrons. The molecule has 0 amide bonds. The van der Waals surface area contributed by atoms with E-state index in [1.165, 1.54) is 5.56 Å². The minimum atomic E-state index is 0.540. The largest absolute Gasteiger partial charge is 0.355 e. The molecule has 2 N–H and O–H groups in total. The number of anilines is 1. The molecule has 0 aliphatic heterocycles. The number of nitrogens with zero attached hydrogens (tertiary/aromatic N) is 2. The Bertz CT molecular complexity index is 528. The molecule has 3 nitrogen and oxygen atoms in total. The highest BCUT2D eigenvalue weighted by molar-refractivity contribution is 9.10. The summed E-state index contributed by atoms with van der Waals surface area (Å²) >= 11 is 3.56. The molecule has 1 aromatic heterocycles. The van der Waals surface area contributed by atoms with Crippen LogP contribution in [0.3, 0.4) is 0 Å². The van der Waals surface area contributed by atoms with E-state index >= 15 is 0 Å². The van der Waals surface area contributed by atoms with Gasteiger partial charge in [0.1, 0.15) is 5.82 Å². The van der Waals surface area contributed by atoms with Crippen LogP contribution in [0.5, 0.6) is 0 Å². The maximum atomic E-state index is 5.64. The lowest BCUT2D eigenvalue weighted by Gasteiger charge is -2.19. The first-order chi connectivity index (χ1) is 8.70. The average molecular weight is 306 g/mol. The van der Waals surface area contributed by atoms with Crippen LogP contribution >= 0.6 is 15.9 Å². The number of aromatic nitrogens is 1. The summed E-state index contributed by atoms with van der Waals surface area (Å²) in [5.74, 6) is 0.939. The van der Waals surface area contributed by atoms with Crippen LogP contribution in [-0.2, 0) is 13.1 Å². The molecule has 0 atom stereocenters. The molecule has 18 heavy (non-hydrogen) atoms. The third-order valence-electron chi connectivity index (χ3n) is 2.80. The molecule has 0 bridgehead atoms. The quantitative estimate of drug-likeness (QED) is 0.944. The van der Waals surface area contributed by atoms with Crippen LogP contribution in [0.15, 0.2) is 47.1 Å². The summed E-state index contributed by atoms with van der Waals surface area (Å²) in [7, 11) is 2.03. The maximum absolute atomic E-state index is 5.64. The predicted molar refractivity (Wildman–Crippen MR) is 78.4 cm³/mol. The first-order valence-corrected chi connectivity index (χ1v) is 6.59. The van der Waals surface area contributed by atoms with E-state index in [0.29, 0.717) is 6.54 Å². The van der Waals surface area contributed by atoms with E-state index in [1.807, 2.05) is 37.4 Å². The average Bonchev–Trinajstić information content (AvgIpc) is 2.41. The van der Waals surface area contributed by atoms with Crippen molar-refractivity contribution in [2.45, 2.75) is 13.1 Å². The Labute approximate surface area is 116 Å². The summed E-state index contributed by atoms with van der Waals surface area (Å²) in [5, 5.41) is 0. The van der Waals surface area contributed by atoms with E-state index in [4.69, 9.17) is 5.73 Å². The summed E-state index contributed by atoms with van der Waals surface area (Å²) in [5.41, 5.74) is 7.97. The lowest BCUT2D eigenvalue weighted by Crippen LogP contribution is -2.18. The highest BCUT2D eigenvalue weighted by Gasteiger charge is 2.06. The molecule has 0 saturated carbocycles. The third-order valence-corrected chi connectivity index (χ3v) is 3.58. The van der Waals surface area contributed by atoms with Crippen LogP contribution in [-0.4, -0.2) is 12.0 Å². The van der Waals surface area contributed by atoms with Gasteiger partial charge in [0, 0.05) is 30.8 Å². The number of hydrogen-bond acceptors (Lipinski definition) is 3. The highest BCUT2D eigenvalue weighted by atomic mass is 79.9. The van der Waals surface area contributed by atoms with Crippen molar-refractivity contribution in [2.75, 3.05) is 11.9 Å². The summed E-state index contributed by atoms with van der Waals surface area (Å²) in [6.45, 7) is 1.35. The maximum Gasteiger partial charge on any atom is 0.128 e. The molecule has 0 unspecified atom stereocenters. The van der Waals surface area contributed by atoms with Gasteiger partial charge in [-0.25, -0.2) is 4.98 Å². The first-order valence-electron chi connectivity index (χ1n) is 5.80. The van der Waals surface area contributed by atoms with Gasteiger partial charge in [-0.1, -0.05) is 34.1 Å². The van der Waals surface area contributed by atoms with Crippen LogP contribution in [0.25, 0.3) is 0 Å². The van der Waals surface area contributed by atoms with E-state index < -0.39 is 0 Å². The van der Waals surface area contributed by atoms with Crippen molar-refractivity contribution in [3.63, 3.8) is 0 Å². The van der Waals surface area contributed by atoms with Crippen molar-refractivity contribution >= 4 is 21.7 Å². The lowest BCUT2D eigenvalue weighted by atomic mass is 10.2. The van der Waals surface area contributed by atoms with E-state index in [9.17, 15) is 0 Å². The number of nitrogens with two attached hydrogens (primary N) is 1. The van der Waals surface area contributed by atoms with Crippen LogP contribution in [0.1, 0.15) is 11.1 Å². The second-order valence-corrected chi connectivity index (χ2v) is 5.03. The van der Waals surface area contributed by atoms with Crippen LogP contribution in [0, 0.1) is 0 Å². The minimum absolute atomic E-state index is 0.540. The van der Waals surface area contributed by atoms with E-state index in [-0.39, 0.29) is 0 Å². The van der Waals surface area contributed by atoms with Gasteiger partial charge < -0.3 is 10.6 Å². The summed E-state index contributed by atoms with van der Waals surface area (Å²) in [6.07, 6.45) is 1.80. The molecule has 1 aromatic carbocycles. The number of rotatable bonds is 4. The summed E-state index contributed by atoms with van der Waals surface area (Å²) in [6, 6.07) is 12.2. The fourth-order valence-corrected chi connectivity index (χ4v) is 2.17. The second-order valence-electron chi connectivity index (χ2n) is 4.17. The summed E-state index contributed by atoms with van der Waals surface area (Å²) in [4.78, 5) is 6.48. The Morgan fingerprint density at radius 1 is 1.28 bits per heavy atom. The molecule has 0 saturated heterocycles. The van der Waals surface area contributed by atoms with E-state index in [1.54, 1.807) is 6.20 Å². The zero-order chi connectivity index (χ0) is 13.0. The monoisotopic (exact) mass is 305 g/mol. The number of pyridine rings is 1. The van der Waals surface area contributed by atoms with Gasteiger partial charge >= 0.3 is 0 Å². The molecule has 0 fully saturated rings. The van der Waals surface area contributed by atoms with Gasteiger partial charge in [-0.3, -0.25) is 0 Å². The second kappa shape index (κ2) is 5.98. The van der Waals surface area contributed by atoms with Crippen molar-refractivity contribution in [2.24, 2.45) is 5.73 Å². The van der Waals surface area contributed by atoms with Gasteiger partial charge in [-0.2, -0.15) is 0 Å². The van der Waals surface area contributed by atoms with Crippen LogP contribution in [0.2, 0.25) is 0 Å². The van der Waals surface area contributed by atoms with Gasteiger partial charge in [0.25, 0.3) is 0 Å². The standard InChI is InChI=1S/C14H16BrN3/c1-18(10-12-4-2-3-5-13(12)15)14-8-11(9-16)6-7-17-14/h2-8H,9-10,16H2,1H3. The fourth-order valence-electron chi connectivity index (χ4n) is 1.76. The predicted octanol–water partition coefficient (Wildman–Crippen LogP) is 2.94. The van der Waals surface area contributed by atoms with Crippen LogP contribution in [0.4, 0.5) is 5.82 Å². The van der Waals surface area contributed by atoms with Crippen molar-refractivity contribution in [3.05, 3.63) is 58.2 Å². The molecule has 0 aliphatic carbocycles. The molecule has 2 aromatic rings. The Hall–Kier alpha value is -1.39. The lowest BCUT2D eigenvalue weighted by molar-refractivity contribution is 0.889. The summed E-state index contributed by atoms with van der Waals surface area (Å²) < 4.78 is 1.12. The third kappa shape index (κ3) is 3.09. The molecule has 0 radical (unpaired) electrons. The highest BCUT2D eigenvalue weighted by Crippen LogP contribution is 2.20. The van der Waals surface area contributed by atoms with Gasteiger partial charge in [-0.05, 0) is 29.3 Å². The number of hydrogen-bond donors (Lipinski definition) is 1. The Kier molecular flexibility index (Phi) is 4.33. The van der Waals surface area contributed by atoms with Gasteiger partial charge in [-0.15, -0.1) is 0 Å². The smallest absolute Gasteiger partial charge is 0.128 e. The zero-order valence-corrected chi connectivity index (χ0v) is 11.9. The van der Waals surface area contributed by atoms with Crippen molar-refractivity contribution < 1.29 is 0 Å². The Morgan fingerprint density at radius 2 is 2.06 bits per heavy atom. The van der Waals surface area contributed by atoms with Gasteiger partial charge in [0.15, 0.2) is 0 Å². The van der Waals surface area contributed by atoms with Crippen LogP contribution < -0.4 is 10.6 Å². The molecule has 2 rings (SSSR count). The Morgan fingerprint density at radius 3 is 2.78 bits per heavy atom. The molecular weight excluding hydrogens is 290 g/mol. The fraction of sp³-hybridized carbons (Fsp3) is 0.214. The first kappa shape index (κ1) is 13.1. The normalized spacial score (nSPS) is 10.4. The molecule has 4 heteroatoms. The zero-order valence-electron chi connectivity index (χ0n) is 10.3.